The van der Waals surface area contributed by atoms with Gasteiger partial charge in [0.15, 0.2) is 0 Å². The van der Waals surface area contributed by atoms with E-state index in [2.05, 4.69) is 42.5 Å². The Balaban J connectivity index is 2.22. The first kappa shape index (κ1) is 24.0. The predicted octanol–water partition coefficient (Wildman–Crippen LogP) is 5.06. The van der Waals surface area contributed by atoms with Crippen molar-refractivity contribution >= 4 is 49.4 Å². The van der Waals surface area contributed by atoms with Crippen molar-refractivity contribution in [3.8, 4) is 5.75 Å². The Bertz CT molecular complexity index is 929. The maximum atomic E-state index is 13.2. The van der Waals surface area contributed by atoms with Gasteiger partial charge < -0.3 is 20.5 Å². The number of anilines is 1. The van der Waals surface area contributed by atoms with Crippen molar-refractivity contribution in [1.29, 1.82) is 0 Å². The smallest absolute Gasteiger partial charge is 0.416 e. The van der Waals surface area contributed by atoms with E-state index >= 15 is 0 Å². The fraction of sp³-hybridized carbons (Fsp3) is 0.263. The summed E-state index contributed by atoms with van der Waals surface area (Å²) in [7, 11) is 0. The maximum Gasteiger partial charge on any atom is 0.416 e. The van der Waals surface area contributed by atoms with Gasteiger partial charge in [-0.05, 0) is 74.7 Å². The van der Waals surface area contributed by atoms with Crippen molar-refractivity contribution in [3.63, 3.8) is 0 Å². The number of rotatable bonds is 8. The number of carbonyl (C=O) groups excluding carboxylic acids is 1. The molecule has 30 heavy (non-hydrogen) atoms. The van der Waals surface area contributed by atoms with Crippen molar-refractivity contribution in [3.05, 3.63) is 56.0 Å². The zero-order valence-electron chi connectivity index (χ0n) is 15.6. The van der Waals surface area contributed by atoms with Crippen molar-refractivity contribution < 1.29 is 32.6 Å². The van der Waals surface area contributed by atoms with Gasteiger partial charge in [-0.2, -0.15) is 13.2 Å². The molecule has 0 fully saturated rings. The number of carboxylic acids is 1. The highest BCUT2D eigenvalue weighted by atomic mass is 79.9. The molecule has 0 saturated carbocycles. The molecule has 1 amide bonds. The average molecular weight is 554 g/mol. The molecule has 0 aromatic heterocycles. The van der Waals surface area contributed by atoms with E-state index in [4.69, 9.17) is 9.84 Å². The minimum atomic E-state index is -4.49. The third kappa shape index (κ3) is 6.63. The van der Waals surface area contributed by atoms with Crippen molar-refractivity contribution in [2.45, 2.75) is 19.7 Å². The van der Waals surface area contributed by atoms with Crippen LogP contribution in [0.2, 0.25) is 0 Å². The molecule has 2 aromatic rings. The third-order valence-electron chi connectivity index (χ3n) is 3.74. The normalized spacial score (nSPS) is 11.1. The topological polar surface area (TPSA) is 87.7 Å². The minimum absolute atomic E-state index is 0.149. The number of halogens is 5. The van der Waals surface area contributed by atoms with Crippen LogP contribution < -0.4 is 15.4 Å². The number of ether oxygens (including phenoxy) is 1. The summed E-state index contributed by atoms with van der Waals surface area (Å²) in [4.78, 5) is 22.6. The number of benzene rings is 2. The van der Waals surface area contributed by atoms with Gasteiger partial charge in [0, 0.05) is 17.8 Å². The molecule has 6 nitrogen and oxygen atoms in total. The zero-order valence-corrected chi connectivity index (χ0v) is 18.7. The van der Waals surface area contributed by atoms with E-state index in [9.17, 15) is 22.8 Å². The Morgan fingerprint density at radius 1 is 1.10 bits per heavy atom. The quantitative estimate of drug-likeness (QED) is 0.425. The lowest BCUT2D eigenvalue weighted by molar-refractivity contribution is -0.138. The summed E-state index contributed by atoms with van der Waals surface area (Å²) in [5.41, 5.74) is 0.0244. The van der Waals surface area contributed by atoms with Crippen LogP contribution in [0.4, 0.5) is 18.9 Å². The fourth-order valence-electron chi connectivity index (χ4n) is 2.49. The third-order valence-corrected chi connectivity index (χ3v) is 4.92. The molecule has 11 heteroatoms. The number of hydrogen-bond donors (Lipinski definition) is 3. The van der Waals surface area contributed by atoms with Gasteiger partial charge in [0.05, 0.1) is 14.5 Å². The van der Waals surface area contributed by atoms with Crippen LogP contribution in [0.1, 0.15) is 28.4 Å². The van der Waals surface area contributed by atoms with Crippen molar-refractivity contribution in [2.24, 2.45) is 0 Å². The lowest BCUT2D eigenvalue weighted by atomic mass is 10.1. The highest BCUT2D eigenvalue weighted by molar-refractivity contribution is 9.11. The van der Waals surface area contributed by atoms with Crippen molar-refractivity contribution in [2.75, 3.05) is 18.4 Å². The molecule has 0 heterocycles. The second-order valence-corrected chi connectivity index (χ2v) is 7.79. The molecule has 0 atom stereocenters. The Morgan fingerprint density at radius 3 is 2.27 bits per heavy atom. The van der Waals surface area contributed by atoms with E-state index in [1.165, 1.54) is 12.1 Å². The van der Waals surface area contributed by atoms with E-state index in [0.717, 1.165) is 12.1 Å². The molecule has 0 saturated heterocycles. The average Bonchev–Trinajstić information content (AvgIpc) is 2.64. The van der Waals surface area contributed by atoms with Gasteiger partial charge in [0.1, 0.15) is 18.9 Å². The highest BCUT2D eigenvalue weighted by Gasteiger charge is 2.31. The second-order valence-electron chi connectivity index (χ2n) is 6.08. The predicted molar refractivity (Wildman–Crippen MR) is 112 cm³/mol. The van der Waals surface area contributed by atoms with Crippen LogP contribution in [0, 0.1) is 0 Å². The molecule has 0 unspecified atom stereocenters. The number of carboxylic acid groups (broad SMARTS) is 1. The number of aliphatic carboxylic acids is 1. The molecule has 0 aliphatic carbocycles. The Kier molecular flexibility index (Phi) is 8.13. The first-order valence-electron chi connectivity index (χ1n) is 8.58. The van der Waals surface area contributed by atoms with Crippen LogP contribution in [0.3, 0.4) is 0 Å². The van der Waals surface area contributed by atoms with E-state index in [1.807, 2.05) is 0 Å². The maximum absolute atomic E-state index is 13.2. The monoisotopic (exact) mass is 552 g/mol. The summed E-state index contributed by atoms with van der Waals surface area (Å²) < 4.78 is 45.9. The summed E-state index contributed by atoms with van der Waals surface area (Å²) in [6, 6.07) is 6.45. The van der Waals surface area contributed by atoms with Crippen molar-refractivity contribution in [1.82, 2.24) is 5.32 Å². The van der Waals surface area contributed by atoms with Gasteiger partial charge >= 0.3 is 12.1 Å². The lowest BCUT2D eigenvalue weighted by Gasteiger charge is -2.15. The number of hydrogen-bond acceptors (Lipinski definition) is 4. The Labute approximate surface area is 187 Å². The first-order valence-corrected chi connectivity index (χ1v) is 10.2. The van der Waals surface area contributed by atoms with Crippen LogP contribution in [0.25, 0.3) is 0 Å². The number of carbonyl (C=O) groups is 2. The van der Waals surface area contributed by atoms with E-state index in [0.29, 0.717) is 26.7 Å². The highest BCUT2D eigenvalue weighted by Crippen LogP contribution is 2.36. The lowest BCUT2D eigenvalue weighted by Crippen LogP contribution is -2.29. The summed E-state index contributed by atoms with van der Waals surface area (Å²) in [6.07, 6.45) is -4.49. The van der Waals surface area contributed by atoms with E-state index in [-0.39, 0.29) is 17.9 Å². The zero-order chi connectivity index (χ0) is 22.5. The largest absolute Gasteiger partial charge is 0.487 e. The molecule has 0 bridgehead atoms. The molecular formula is C19H17Br2F3N2O4. The molecule has 162 valence electrons. The van der Waals surface area contributed by atoms with Gasteiger partial charge in [-0.25, -0.2) is 0 Å². The number of nitrogens with one attached hydrogen (secondary N) is 2. The van der Waals surface area contributed by atoms with Gasteiger partial charge in [-0.15, -0.1) is 0 Å². The number of alkyl halides is 3. The Hall–Kier alpha value is -2.27. The molecule has 0 radical (unpaired) electrons. The molecule has 3 N–H and O–H groups in total. The summed E-state index contributed by atoms with van der Waals surface area (Å²) in [5, 5.41) is 13.7. The van der Waals surface area contributed by atoms with Crippen LogP contribution in [0.15, 0.2) is 39.3 Å². The first-order chi connectivity index (χ1) is 14.0. The molecule has 0 aliphatic rings. The molecule has 2 aromatic carbocycles. The Morgan fingerprint density at radius 2 is 1.73 bits per heavy atom. The molecule has 0 spiro atoms. The van der Waals surface area contributed by atoms with Crippen LogP contribution in [-0.2, 0) is 17.6 Å². The van der Waals surface area contributed by atoms with Gasteiger partial charge in [0.25, 0.3) is 5.91 Å². The summed E-state index contributed by atoms with van der Waals surface area (Å²) in [6.45, 7) is 1.56. The van der Waals surface area contributed by atoms with E-state index in [1.54, 1.807) is 13.0 Å². The standard InChI is InChI=1S/C19H17Br2F3N2O4/c1-2-25-13-4-10(3-12(7-13)19(22,23)24)9-30-17-14(20)5-11(6-15(17)21)18(29)26-8-16(27)28/h3-7,25H,2,8-9H2,1H3,(H,26,29)(H,27,28). The molecular weight excluding hydrogens is 537 g/mol. The number of amides is 1. The summed E-state index contributed by atoms with van der Waals surface area (Å²) >= 11 is 6.52. The van der Waals surface area contributed by atoms with Crippen LogP contribution in [-0.4, -0.2) is 30.1 Å². The molecule has 2 rings (SSSR count). The molecule has 0 aliphatic heterocycles. The second kappa shape index (κ2) is 10.2. The fourth-order valence-corrected chi connectivity index (χ4v) is 3.90. The van der Waals surface area contributed by atoms with Gasteiger partial charge in [0.2, 0.25) is 0 Å². The van der Waals surface area contributed by atoms with Crippen LogP contribution >= 0.6 is 31.9 Å². The summed E-state index contributed by atoms with van der Waals surface area (Å²) in [5.74, 6) is -1.50. The van der Waals surface area contributed by atoms with Crippen LogP contribution in [0.5, 0.6) is 5.75 Å². The van der Waals surface area contributed by atoms with Gasteiger partial charge in [-0.1, -0.05) is 0 Å². The van der Waals surface area contributed by atoms with E-state index < -0.39 is 30.2 Å². The van der Waals surface area contributed by atoms with Gasteiger partial charge in [-0.3, -0.25) is 9.59 Å². The minimum Gasteiger partial charge on any atom is -0.487 e. The SMILES string of the molecule is CCNc1cc(COc2c(Br)cc(C(=O)NCC(=O)O)cc2Br)cc(C(F)(F)F)c1.